The number of benzene rings is 2. The number of nitrogens with zero attached hydrogens (tertiary/aromatic N) is 3. The number of carbonyl (C=O) groups excluding carboxylic acids is 1. The molecule has 1 heterocycles. The Balaban J connectivity index is 1.59. The number of hydrogen-bond donors (Lipinski definition) is 2. The molecule has 0 saturated heterocycles. The molecule has 0 saturated carbocycles. The van der Waals surface area contributed by atoms with Crippen molar-refractivity contribution in [2.75, 3.05) is 6.54 Å². The molecule has 2 atom stereocenters. The summed E-state index contributed by atoms with van der Waals surface area (Å²) in [6.45, 7) is 4.93. The molecule has 0 radical (unpaired) electrons. The van der Waals surface area contributed by atoms with Gasteiger partial charge in [0.2, 0.25) is 5.91 Å². The summed E-state index contributed by atoms with van der Waals surface area (Å²) in [6, 6.07) is 14.6. The Hall–Kier alpha value is -3.64. The van der Waals surface area contributed by atoms with E-state index >= 15 is 0 Å². The second kappa shape index (κ2) is 12.4. The number of imidazole rings is 1. The van der Waals surface area contributed by atoms with Crippen LogP contribution in [0.3, 0.4) is 0 Å². The van der Waals surface area contributed by atoms with Crippen molar-refractivity contribution in [1.29, 1.82) is 5.26 Å². The monoisotopic (exact) mass is 497 g/mol. The second-order valence-corrected chi connectivity index (χ2v) is 8.84. The normalized spacial score (nSPS) is 13.1. The first-order chi connectivity index (χ1) is 17.2. The number of nitrogens with one attached hydrogen (secondary N) is 2. The third kappa shape index (κ3) is 7.43. The molecule has 3 rings (SSSR count). The zero-order valence-electron chi connectivity index (χ0n) is 20.3. The van der Waals surface area contributed by atoms with Crippen LogP contribution in [0.25, 0.3) is 0 Å². The molecule has 2 aromatic carbocycles. The van der Waals surface area contributed by atoms with Gasteiger partial charge in [-0.1, -0.05) is 50.6 Å². The van der Waals surface area contributed by atoms with E-state index in [1.165, 1.54) is 12.1 Å². The molecule has 0 spiro atoms. The maximum atomic E-state index is 13.3. The summed E-state index contributed by atoms with van der Waals surface area (Å²) >= 11 is 0. The largest absolute Gasteiger partial charge is 0.416 e. The van der Waals surface area contributed by atoms with Gasteiger partial charge < -0.3 is 15.2 Å². The second-order valence-electron chi connectivity index (χ2n) is 8.84. The van der Waals surface area contributed by atoms with Crippen LogP contribution in [0.5, 0.6) is 0 Å². The lowest BCUT2D eigenvalue weighted by molar-refractivity contribution is -0.138. The van der Waals surface area contributed by atoms with Crippen molar-refractivity contribution < 1.29 is 18.0 Å². The minimum absolute atomic E-state index is 0.0514. The first kappa shape index (κ1) is 27.0. The number of rotatable bonds is 11. The Bertz CT molecular complexity index is 1180. The van der Waals surface area contributed by atoms with Gasteiger partial charge in [0, 0.05) is 37.6 Å². The number of carbonyl (C=O) groups is 1. The molecule has 1 aromatic heterocycles. The molecular formula is C27H30F3N5O. The average Bonchev–Trinajstić information content (AvgIpc) is 3.29. The average molecular weight is 498 g/mol. The molecule has 6 nitrogen and oxygen atoms in total. The van der Waals surface area contributed by atoms with Gasteiger partial charge in [0.05, 0.1) is 29.9 Å². The Morgan fingerprint density at radius 1 is 1.17 bits per heavy atom. The lowest BCUT2D eigenvalue weighted by atomic mass is 9.98. The fourth-order valence-electron chi connectivity index (χ4n) is 3.93. The van der Waals surface area contributed by atoms with Gasteiger partial charge in [0.15, 0.2) is 0 Å². The molecular weight excluding hydrogens is 467 g/mol. The minimum Gasteiger partial charge on any atom is -0.351 e. The third-order valence-corrected chi connectivity index (χ3v) is 6.26. The smallest absolute Gasteiger partial charge is 0.351 e. The van der Waals surface area contributed by atoms with E-state index in [2.05, 4.69) is 21.7 Å². The number of aromatic nitrogens is 2. The van der Waals surface area contributed by atoms with Crippen molar-refractivity contribution in [1.82, 2.24) is 20.2 Å². The van der Waals surface area contributed by atoms with Crippen LogP contribution in [0.15, 0.2) is 61.1 Å². The zero-order valence-corrected chi connectivity index (χ0v) is 20.3. The van der Waals surface area contributed by atoms with E-state index in [1.54, 1.807) is 30.7 Å². The van der Waals surface area contributed by atoms with Crippen LogP contribution in [-0.4, -0.2) is 28.0 Å². The summed E-state index contributed by atoms with van der Waals surface area (Å²) < 4.78 is 41.7. The predicted molar refractivity (Wildman–Crippen MR) is 131 cm³/mol. The van der Waals surface area contributed by atoms with Gasteiger partial charge in [-0.05, 0) is 35.2 Å². The number of amides is 1. The van der Waals surface area contributed by atoms with Crippen molar-refractivity contribution in [3.63, 3.8) is 0 Å². The highest BCUT2D eigenvalue weighted by molar-refractivity contribution is 5.78. The maximum Gasteiger partial charge on any atom is 0.416 e. The van der Waals surface area contributed by atoms with E-state index in [4.69, 9.17) is 5.26 Å². The molecule has 36 heavy (non-hydrogen) atoms. The molecule has 0 bridgehead atoms. The van der Waals surface area contributed by atoms with Crippen LogP contribution in [0.1, 0.15) is 48.2 Å². The van der Waals surface area contributed by atoms with Crippen LogP contribution in [0.2, 0.25) is 0 Å². The molecule has 2 N–H and O–H groups in total. The molecule has 0 aliphatic rings. The highest BCUT2D eigenvalue weighted by atomic mass is 19.4. The molecule has 190 valence electrons. The van der Waals surface area contributed by atoms with Crippen molar-refractivity contribution >= 4 is 5.91 Å². The van der Waals surface area contributed by atoms with Crippen molar-refractivity contribution in [2.24, 2.45) is 5.92 Å². The lowest BCUT2D eigenvalue weighted by Gasteiger charge is -2.25. The Morgan fingerprint density at radius 3 is 2.56 bits per heavy atom. The Morgan fingerprint density at radius 2 is 1.89 bits per heavy atom. The SMILES string of the molecule is CC[C@H](C)[C@@H](CNCc1ccccc1C(F)(F)F)NC(=O)Cc1cncn1Cc1ccc(C#N)cc1. The topological polar surface area (TPSA) is 82.7 Å². The van der Waals surface area contributed by atoms with Gasteiger partial charge in [-0.2, -0.15) is 18.4 Å². The van der Waals surface area contributed by atoms with E-state index in [-0.39, 0.29) is 36.4 Å². The van der Waals surface area contributed by atoms with Gasteiger partial charge in [0.25, 0.3) is 0 Å². The lowest BCUT2D eigenvalue weighted by Crippen LogP contribution is -2.46. The quantitative estimate of drug-likeness (QED) is 0.403. The first-order valence-electron chi connectivity index (χ1n) is 11.8. The number of nitriles is 1. The van der Waals surface area contributed by atoms with Crippen molar-refractivity contribution in [3.8, 4) is 6.07 Å². The summed E-state index contributed by atoms with van der Waals surface area (Å²) in [5, 5.41) is 15.1. The first-order valence-corrected chi connectivity index (χ1v) is 11.8. The van der Waals surface area contributed by atoms with Crippen LogP contribution >= 0.6 is 0 Å². The van der Waals surface area contributed by atoms with Gasteiger partial charge in [0.1, 0.15) is 0 Å². The van der Waals surface area contributed by atoms with E-state index in [0.717, 1.165) is 23.7 Å². The highest BCUT2D eigenvalue weighted by Gasteiger charge is 2.32. The summed E-state index contributed by atoms with van der Waals surface area (Å²) in [5.41, 5.74) is 1.82. The van der Waals surface area contributed by atoms with Gasteiger partial charge in [-0.25, -0.2) is 4.98 Å². The summed E-state index contributed by atoms with van der Waals surface area (Å²) in [5.74, 6) is -0.0535. The fraction of sp³-hybridized carbons (Fsp3) is 0.370. The minimum atomic E-state index is -4.41. The molecule has 1 amide bonds. The summed E-state index contributed by atoms with van der Waals surface area (Å²) in [6.07, 6.45) is -0.174. The highest BCUT2D eigenvalue weighted by Crippen LogP contribution is 2.31. The van der Waals surface area contributed by atoms with E-state index in [1.807, 2.05) is 30.5 Å². The standard InChI is InChI=1S/C27H30F3N5O/c1-3-19(2)25(16-32-14-22-6-4-5-7-24(22)27(28,29)30)34-26(36)12-23-15-33-18-35(23)17-21-10-8-20(13-31)9-11-21/h4-11,15,18-19,25,32H,3,12,14,16-17H2,1-2H3,(H,34,36)/t19-,25+/m0/s1. The molecule has 0 aliphatic heterocycles. The van der Waals surface area contributed by atoms with E-state index in [9.17, 15) is 18.0 Å². The molecule has 3 aromatic rings. The van der Waals surface area contributed by atoms with Crippen LogP contribution in [-0.2, 0) is 30.5 Å². The van der Waals surface area contributed by atoms with Crippen LogP contribution in [0, 0.1) is 17.2 Å². The van der Waals surface area contributed by atoms with Gasteiger partial charge in [-0.3, -0.25) is 4.79 Å². The van der Waals surface area contributed by atoms with Gasteiger partial charge >= 0.3 is 6.18 Å². The number of hydrogen-bond acceptors (Lipinski definition) is 4. The van der Waals surface area contributed by atoms with Gasteiger partial charge in [-0.15, -0.1) is 0 Å². The third-order valence-electron chi connectivity index (χ3n) is 6.26. The number of alkyl halides is 3. The zero-order chi connectivity index (χ0) is 26.1. The summed E-state index contributed by atoms with van der Waals surface area (Å²) in [7, 11) is 0. The van der Waals surface area contributed by atoms with E-state index in [0.29, 0.717) is 18.7 Å². The summed E-state index contributed by atoms with van der Waals surface area (Å²) in [4.78, 5) is 17.1. The molecule has 0 unspecified atom stereocenters. The molecule has 9 heteroatoms. The molecule has 0 fully saturated rings. The van der Waals surface area contributed by atoms with E-state index < -0.39 is 11.7 Å². The Kier molecular flexibility index (Phi) is 9.25. The van der Waals surface area contributed by atoms with Crippen molar-refractivity contribution in [3.05, 3.63) is 89.0 Å². The predicted octanol–water partition coefficient (Wildman–Crippen LogP) is 4.69. The number of halogens is 3. The maximum absolute atomic E-state index is 13.3. The van der Waals surface area contributed by atoms with Crippen LogP contribution in [0.4, 0.5) is 13.2 Å². The fourth-order valence-corrected chi connectivity index (χ4v) is 3.93. The van der Waals surface area contributed by atoms with Crippen LogP contribution < -0.4 is 10.6 Å². The molecule has 0 aliphatic carbocycles. The van der Waals surface area contributed by atoms with Crippen molar-refractivity contribution in [2.45, 2.75) is 52.0 Å². The Labute approximate surface area is 209 Å².